The highest BCUT2D eigenvalue weighted by Crippen LogP contribution is 2.89. The van der Waals surface area contributed by atoms with Crippen molar-refractivity contribution in [1.29, 1.82) is 0 Å². The molecule has 3 aliphatic heterocycles. The van der Waals surface area contributed by atoms with Crippen molar-refractivity contribution in [3.8, 4) is 0 Å². The molecule has 3 saturated heterocycles. The van der Waals surface area contributed by atoms with Gasteiger partial charge < -0.3 is 34.0 Å². The first-order chi connectivity index (χ1) is 23.0. The third kappa shape index (κ3) is 4.52. The molecule has 2 spiro atoms. The van der Waals surface area contributed by atoms with Crippen LogP contribution in [-0.4, -0.2) is 109 Å². The van der Waals surface area contributed by atoms with Crippen molar-refractivity contribution in [3.05, 3.63) is 0 Å². The van der Waals surface area contributed by atoms with Crippen molar-refractivity contribution >= 4 is 12.2 Å². The van der Waals surface area contributed by atoms with Gasteiger partial charge in [0.2, 0.25) is 0 Å². The summed E-state index contributed by atoms with van der Waals surface area (Å²) in [6.07, 6.45) is 8.05. The number of carbonyl (C=O) groups excluding carboxylic acids is 2. The highest BCUT2D eigenvalue weighted by atomic mass is 16.6. The van der Waals surface area contributed by atoms with Gasteiger partial charge in [-0.05, 0) is 111 Å². The molecule has 0 aromatic carbocycles. The van der Waals surface area contributed by atoms with Gasteiger partial charge in [0, 0.05) is 44.1 Å². The van der Waals surface area contributed by atoms with Crippen LogP contribution in [0.5, 0.6) is 0 Å². The Bertz CT molecular complexity index is 1350. The van der Waals surface area contributed by atoms with Gasteiger partial charge in [0.25, 0.3) is 0 Å². The Hall–Kier alpha value is -1.58. The molecule has 0 radical (unpaired) electrons. The molecule has 0 bridgehead atoms. The molecular weight excluding hydrogens is 618 g/mol. The average Bonchev–Trinajstić information content (AvgIpc) is 3.63. The smallest absolute Gasteiger partial charge is 0.410 e. The number of aliphatic hydroxyl groups excluding tert-OH is 1. The third-order valence-corrected chi connectivity index (χ3v) is 17.3. The number of carbonyl (C=O) groups is 2. The van der Waals surface area contributed by atoms with Crippen molar-refractivity contribution < 1.29 is 28.9 Å². The monoisotopic (exact) mass is 683 g/mol. The zero-order valence-electron chi connectivity index (χ0n) is 31.9. The zero-order chi connectivity index (χ0) is 35.1. The standard InChI is InChI=1S/C40H65N3O6/c1-23(2)31(49-35(46)43-17-10-18-43)26-19-24(3)30-32(47-26)33(44)38(7)28-12-11-27-36(4,5)29(48-34(45)42(9)25-20-41(8)21-25)13-14-39(27)22-40(28,39)16-15-37(30,38)6/h23-33,44H,10-22H2,1-9H3/t24-,26-,27+,28+,29+,30+,31-,32+,33+,37-,38-,39-,40+/m1/s1. The molecule has 0 unspecified atom stereocenters. The molecule has 13 atom stereocenters. The van der Waals surface area contributed by atoms with E-state index < -0.39 is 6.10 Å². The molecule has 9 heteroatoms. The molecule has 1 N–H and O–H groups in total. The van der Waals surface area contributed by atoms with E-state index in [4.69, 9.17) is 14.2 Å². The average molecular weight is 684 g/mol. The van der Waals surface area contributed by atoms with Crippen LogP contribution in [0.3, 0.4) is 0 Å². The predicted octanol–water partition coefficient (Wildman–Crippen LogP) is 6.42. The largest absolute Gasteiger partial charge is 0.446 e. The number of ether oxygens (including phenoxy) is 3. The Labute approximate surface area is 295 Å². The molecule has 3 heterocycles. The van der Waals surface area contributed by atoms with Crippen LogP contribution in [0.25, 0.3) is 0 Å². The molecular formula is C40H65N3O6. The van der Waals surface area contributed by atoms with Gasteiger partial charge in [0.05, 0.1) is 24.4 Å². The van der Waals surface area contributed by atoms with Gasteiger partial charge in [-0.2, -0.15) is 0 Å². The molecule has 49 heavy (non-hydrogen) atoms. The lowest BCUT2D eigenvalue weighted by molar-refractivity contribution is -0.185. The van der Waals surface area contributed by atoms with Crippen molar-refractivity contribution in [1.82, 2.24) is 14.7 Å². The summed E-state index contributed by atoms with van der Waals surface area (Å²) in [5.74, 6) is 1.76. The van der Waals surface area contributed by atoms with E-state index in [-0.39, 0.29) is 81.6 Å². The van der Waals surface area contributed by atoms with E-state index in [0.29, 0.717) is 17.8 Å². The molecule has 8 fully saturated rings. The molecule has 0 aromatic rings. The third-order valence-electron chi connectivity index (χ3n) is 17.3. The second-order valence-corrected chi connectivity index (χ2v) is 19.8. The number of aliphatic hydroxyl groups is 1. The Morgan fingerprint density at radius 1 is 0.980 bits per heavy atom. The minimum absolute atomic E-state index is 0.0158. The van der Waals surface area contributed by atoms with E-state index in [9.17, 15) is 14.7 Å². The summed E-state index contributed by atoms with van der Waals surface area (Å²) in [7, 11) is 3.99. The summed E-state index contributed by atoms with van der Waals surface area (Å²) in [4.78, 5) is 32.1. The van der Waals surface area contributed by atoms with Crippen LogP contribution in [0, 0.1) is 56.7 Å². The minimum Gasteiger partial charge on any atom is -0.446 e. The quantitative estimate of drug-likeness (QED) is 0.358. The number of amides is 2. The normalized spacial score (nSPS) is 48.8. The van der Waals surface area contributed by atoms with Gasteiger partial charge in [-0.25, -0.2) is 9.59 Å². The first-order valence-corrected chi connectivity index (χ1v) is 19.9. The van der Waals surface area contributed by atoms with E-state index in [1.165, 1.54) is 12.8 Å². The maximum atomic E-state index is 13.3. The number of hydrogen-bond acceptors (Lipinski definition) is 7. The number of hydrogen-bond donors (Lipinski definition) is 1. The van der Waals surface area contributed by atoms with Crippen LogP contribution in [0.15, 0.2) is 0 Å². The fourth-order valence-corrected chi connectivity index (χ4v) is 14.3. The highest BCUT2D eigenvalue weighted by Gasteiger charge is 2.84. The van der Waals surface area contributed by atoms with Crippen LogP contribution < -0.4 is 0 Å². The molecule has 8 aliphatic rings. The number of rotatable bonds is 5. The molecule has 276 valence electrons. The molecule has 9 nitrogen and oxygen atoms in total. The second-order valence-electron chi connectivity index (χ2n) is 19.8. The predicted molar refractivity (Wildman–Crippen MR) is 187 cm³/mol. The Morgan fingerprint density at radius 2 is 1.65 bits per heavy atom. The SMILES string of the molecule is CC(C)[C@@H](OC(=O)N1CCC1)[C@H]1C[C@@H](C)[C@H]2[C@H](O1)[C@H](O)[C@@]1(C)[C@@H]3CC[C@H]4C(C)(C)[C@@H](OC(=O)N(C)C5CN(C)C5)CC[C@@]45C[C@@]35CC[C@]21C. The van der Waals surface area contributed by atoms with E-state index in [0.717, 1.165) is 71.1 Å². The van der Waals surface area contributed by atoms with E-state index in [1.807, 2.05) is 11.9 Å². The Kier molecular flexibility index (Phi) is 7.89. The lowest BCUT2D eigenvalue weighted by Gasteiger charge is -2.63. The number of fused-ring (bicyclic) bond motifs is 4. The van der Waals surface area contributed by atoms with Crippen LogP contribution in [0.2, 0.25) is 0 Å². The Morgan fingerprint density at radius 3 is 2.29 bits per heavy atom. The topological polar surface area (TPSA) is 91.8 Å². The zero-order valence-corrected chi connectivity index (χ0v) is 31.9. The van der Waals surface area contributed by atoms with E-state index in [1.54, 1.807) is 4.90 Å². The maximum absolute atomic E-state index is 13.3. The van der Waals surface area contributed by atoms with Crippen LogP contribution in [0.1, 0.15) is 106 Å². The summed E-state index contributed by atoms with van der Waals surface area (Å²) in [5, 5.41) is 12.7. The molecule has 8 rings (SSSR count). The molecule has 0 aromatic heterocycles. The lowest BCUT2D eigenvalue weighted by Crippen LogP contribution is -2.61. The lowest BCUT2D eigenvalue weighted by atomic mass is 9.41. The molecule has 5 saturated carbocycles. The fourth-order valence-electron chi connectivity index (χ4n) is 14.3. The van der Waals surface area contributed by atoms with Crippen molar-refractivity contribution in [2.75, 3.05) is 40.3 Å². The number of likely N-dealkylation sites (tertiary alicyclic amines) is 2. The van der Waals surface area contributed by atoms with Crippen LogP contribution >= 0.6 is 0 Å². The van der Waals surface area contributed by atoms with E-state index in [2.05, 4.69) is 60.4 Å². The minimum atomic E-state index is -0.547. The van der Waals surface area contributed by atoms with Gasteiger partial charge >= 0.3 is 12.2 Å². The first-order valence-electron chi connectivity index (χ1n) is 19.9. The summed E-state index contributed by atoms with van der Waals surface area (Å²) in [6.45, 7) is 19.7. The highest BCUT2D eigenvalue weighted by molar-refractivity contribution is 5.69. The van der Waals surface area contributed by atoms with E-state index >= 15 is 0 Å². The van der Waals surface area contributed by atoms with Crippen molar-refractivity contribution in [2.45, 2.75) is 143 Å². The summed E-state index contributed by atoms with van der Waals surface area (Å²) in [5.41, 5.74) is 0.164. The number of nitrogens with zero attached hydrogens (tertiary/aromatic N) is 3. The van der Waals surface area contributed by atoms with Gasteiger partial charge in [0.15, 0.2) is 0 Å². The fraction of sp³-hybridized carbons (Fsp3) is 0.950. The molecule has 5 aliphatic carbocycles. The summed E-state index contributed by atoms with van der Waals surface area (Å²) >= 11 is 0. The first kappa shape index (κ1) is 34.5. The van der Waals surface area contributed by atoms with Gasteiger partial charge in [-0.1, -0.05) is 48.5 Å². The van der Waals surface area contributed by atoms with Gasteiger partial charge in [0.1, 0.15) is 12.2 Å². The summed E-state index contributed by atoms with van der Waals surface area (Å²) < 4.78 is 19.6. The van der Waals surface area contributed by atoms with Crippen LogP contribution in [-0.2, 0) is 14.2 Å². The Balaban J connectivity index is 1.02. The van der Waals surface area contributed by atoms with Crippen molar-refractivity contribution in [3.63, 3.8) is 0 Å². The van der Waals surface area contributed by atoms with Gasteiger partial charge in [-0.3, -0.25) is 0 Å². The molecule has 2 amide bonds. The number of likely N-dealkylation sites (N-methyl/N-ethyl adjacent to an activating group) is 2. The second kappa shape index (κ2) is 11.2. The summed E-state index contributed by atoms with van der Waals surface area (Å²) in [6, 6.07) is 0.245. The van der Waals surface area contributed by atoms with Gasteiger partial charge in [-0.15, -0.1) is 0 Å². The van der Waals surface area contributed by atoms with Crippen LogP contribution in [0.4, 0.5) is 9.59 Å². The maximum Gasteiger partial charge on any atom is 0.410 e. The van der Waals surface area contributed by atoms with Crippen molar-refractivity contribution in [2.24, 2.45) is 56.7 Å².